The van der Waals surface area contributed by atoms with Gasteiger partial charge in [0.15, 0.2) is 5.60 Å². The lowest BCUT2D eigenvalue weighted by Crippen LogP contribution is -2.34. The third-order valence-corrected chi connectivity index (χ3v) is 5.42. The van der Waals surface area contributed by atoms with E-state index in [4.69, 9.17) is 4.74 Å². The molecule has 0 amide bonds. The molecule has 4 rings (SSSR count). The monoisotopic (exact) mass is 460 g/mol. The quantitative estimate of drug-likeness (QED) is 0.379. The van der Waals surface area contributed by atoms with E-state index in [0.717, 1.165) is 17.7 Å². The number of hydrogen-bond donors (Lipinski definition) is 0. The van der Waals surface area contributed by atoms with Crippen LogP contribution in [0.4, 0.5) is 27.6 Å². The van der Waals surface area contributed by atoms with Crippen LogP contribution in [0.2, 0.25) is 0 Å². The van der Waals surface area contributed by atoms with Crippen molar-refractivity contribution in [2.75, 3.05) is 6.54 Å². The zero-order valence-electron chi connectivity index (χ0n) is 17.5. The van der Waals surface area contributed by atoms with Crippen molar-refractivity contribution in [2.24, 2.45) is 4.99 Å². The maximum atomic E-state index is 13.6. The van der Waals surface area contributed by atoms with Crippen LogP contribution in [0, 0.1) is 0 Å². The fraction of sp³-hybridized carbons (Fsp3) is 0.240. The minimum Gasteiger partial charge on any atom is -0.451 e. The van der Waals surface area contributed by atoms with E-state index >= 15 is 0 Å². The number of nitrogens with zero attached hydrogens (tertiary/aromatic N) is 2. The summed E-state index contributed by atoms with van der Waals surface area (Å²) in [6, 6.07) is 22.5. The van der Waals surface area contributed by atoms with Gasteiger partial charge in [-0.3, -0.25) is 0 Å². The first-order valence-corrected chi connectivity index (χ1v) is 10.3. The Kier molecular flexibility index (Phi) is 6.35. The summed E-state index contributed by atoms with van der Waals surface area (Å²) in [6.45, 7) is 0.466. The molecule has 1 aliphatic rings. The number of benzene rings is 3. The molecule has 3 aromatic rings. The van der Waals surface area contributed by atoms with Gasteiger partial charge in [-0.15, -0.1) is 0 Å². The minimum atomic E-state index is -4.46. The first-order chi connectivity index (χ1) is 15.7. The average molecular weight is 460 g/mol. The minimum absolute atomic E-state index is 0.0862. The molecule has 172 valence electrons. The molecular weight excluding hydrogens is 439 g/mol. The number of alkyl halides is 5. The second kappa shape index (κ2) is 9.21. The lowest BCUT2D eigenvalue weighted by atomic mass is 9.90. The fourth-order valence-corrected chi connectivity index (χ4v) is 3.87. The number of hydrogen-bond acceptors (Lipinski definition) is 2. The van der Waals surface area contributed by atoms with Crippen molar-refractivity contribution < 1.29 is 26.7 Å². The van der Waals surface area contributed by atoms with Crippen molar-refractivity contribution in [3.63, 3.8) is 0 Å². The first-order valence-electron chi connectivity index (χ1n) is 10.3. The van der Waals surface area contributed by atoms with Gasteiger partial charge in [0.2, 0.25) is 6.43 Å². The van der Waals surface area contributed by atoms with Gasteiger partial charge in [-0.1, -0.05) is 60.7 Å². The summed E-state index contributed by atoms with van der Waals surface area (Å²) in [5, 5.41) is 0. The van der Waals surface area contributed by atoms with Crippen LogP contribution in [0.3, 0.4) is 0 Å². The van der Waals surface area contributed by atoms with Crippen molar-refractivity contribution in [2.45, 2.75) is 31.2 Å². The van der Waals surface area contributed by atoms with Gasteiger partial charge in [0.05, 0.1) is 24.2 Å². The van der Waals surface area contributed by atoms with Crippen LogP contribution in [0.1, 0.15) is 23.1 Å². The van der Waals surface area contributed by atoms with E-state index in [1.807, 2.05) is 30.3 Å². The van der Waals surface area contributed by atoms with E-state index in [9.17, 15) is 22.0 Å². The number of aliphatic imine (C=N–C) groups is 1. The van der Waals surface area contributed by atoms with Gasteiger partial charge in [0, 0.05) is 6.54 Å². The third-order valence-electron chi connectivity index (χ3n) is 5.42. The molecule has 0 spiro atoms. The number of halogens is 5. The molecule has 1 saturated heterocycles. The summed E-state index contributed by atoms with van der Waals surface area (Å²) < 4.78 is 72.1. The van der Waals surface area contributed by atoms with Crippen molar-refractivity contribution >= 4 is 11.7 Å². The fourth-order valence-electron chi connectivity index (χ4n) is 3.87. The number of rotatable bonds is 6. The Labute approximate surface area is 188 Å². The highest BCUT2D eigenvalue weighted by Crippen LogP contribution is 2.40. The maximum Gasteiger partial charge on any atom is 0.416 e. The van der Waals surface area contributed by atoms with Crippen LogP contribution in [0.15, 0.2) is 89.9 Å². The van der Waals surface area contributed by atoms with E-state index in [2.05, 4.69) is 4.99 Å². The van der Waals surface area contributed by atoms with Crippen LogP contribution in [-0.2, 0) is 23.1 Å². The molecule has 3 nitrogen and oxygen atoms in total. The molecule has 0 saturated carbocycles. The lowest BCUT2D eigenvalue weighted by Gasteiger charge is -2.27. The van der Waals surface area contributed by atoms with Gasteiger partial charge >= 0.3 is 6.18 Å². The second-order valence-electron chi connectivity index (χ2n) is 7.84. The molecule has 1 atom stereocenters. The molecule has 3 aromatic carbocycles. The largest absolute Gasteiger partial charge is 0.451 e. The normalized spacial score (nSPS) is 19.8. The Morgan fingerprint density at radius 1 is 0.879 bits per heavy atom. The SMILES string of the molecule is FC(F)C[C@@]1(c2ccccc2)CN(Cc2ccccc2)C(=Nc2ccc(C(F)(F)F)cc2)O1. The molecule has 1 aliphatic heterocycles. The Morgan fingerprint density at radius 3 is 2.06 bits per heavy atom. The summed E-state index contributed by atoms with van der Waals surface area (Å²) in [5.74, 6) is 0. The predicted molar refractivity (Wildman–Crippen MR) is 115 cm³/mol. The van der Waals surface area contributed by atoms with Gasteiger partial charge < -0.3 is 9.64 Å². The van der Waals surface area contributed by atoms with Crippen molar-refractivity contribution in [1.82, 2.24) is 4.90 Å². The van der Waals surface area contributed by atoms with E-state index in [0.29, 0.717) is 12.1 Å². The van der Waals surface area contributed by atoms with Crippen molar-refractivity contribution in [1.29, 1.82) is 0 Å². The van der Waals surface area contributed by atoms with E-state index in [1.54, 1.807) is 35.2 Å². The van der Waals surface area contributed by atoms with Crippen LogP contribution in [0.5, 0.6) is 0 Å². The molecule has 0 aliphatic carbocycles. The van der Waals surface area contributed by atoms with Gasteiger partial charge in [-0.25, -0.2) is 8.78 Å². The van der Waals surface area contributed by atoms with Crippen LogP contribution < -0.4 is 0 Å². The topological polar surface area (TPSA) is 24.8 Å². The molecule has 0 bridgehead atoms. The van der Waals surface area contributed by atoms with Gasteiger partial charge in [0.25, 0.3) is 6.02 Å². The molecule has 1 fully saturated rings. The lowest BCUT2D eigenvalue weighted by molar-refractivity contribution is -0.137. The summed E-state index contributed by atoms with van der Waals surface area (Å²) in [5.41, 5.74) is -0.397. The van der Waals surface area contributed by atoms with E-state index in [-0.39, 0.29) is 18.3 Å². The Hall–Kier alpha value is -3.42. The highest BCUT2D eigenvalue weighted by molar-refractivity contribution is 5.80. The standard InChI is InChI=1S/C25H21F5N2O/c26-22(27)15-24(19-9-5-2-6-10-19)17-32(16-18-7-3-1-4-8-18)23(33-24)31-21-13-11-20(12-14-21)25(28,29)30/h1-14,22H,15-17H2/t24-/m0/s1. The summed E-state index contributed by atoms with van der Waals surface area (Å²) in [6.07, 6.45) is -7.64. The first kappa shape index (κ1) is 22.8. The molecule has 0 unspecified atom stereocenters. The summed E-state index contributed by atoms with van der Waals surface area (Å²) in [4.78, 5) is 6.13. The van der Waals surface area contributed by atoms with Crippen molar-refractivity contribution in [3.8, 4) is 0 Å². The Balaban J connectivity index is 1.72. The van der Waals surface area contributed by atoms with Gasteiger partial charge in [0.1, 0.15) is 0 Å². The van der Waals surface area contributed by atoms with Crippen LogP contribution in [-0.4, -0.2) is 23.9 Å². The second-order valence-corrected chi connectivity index (χ2v) is 7.84. The van der Waals surface area contributed by atoms with Crippen molar-refractivity contribution in [3.05, 3.63) is 102 Å². The highest BCUT2D eigenvalue weighted by atomic mass is 19.4. The molecule has 0 aromatic heterocycles. The molecule has 0 N–H and O–H groups in total. The van der Waals surface area contributed by atoms with Crippen LogP contribution in [0.25, 0.3) is 0 Å². The Bertz CT molecular complexity index is 1090. The van der Waals surface area contributed by atoms with Gasteiger partial charge in [-0.05, 0) is 35.4 Å². The number of amidine groups is 1. The molecule has 8 heteroatoms. The Morgan fingerprint density at radius 2 is 1.48 bits per heavy atom. The zero-order valence-corrected chi connectivity index (χ0v) is 17.5. The highest BCUT2D eigenvalue weighted by Gasteiger charge is 2.47. The smallest absolute Gasteiger partial charge is 0.416 e. The molecule has 0 radical (unpaired) electrons. The molecule has 1 heterocycles. The van der Waals surface area contributed by atoms with Gasteiger partial charge in [-0.2, -0.15) is 18.2 Å². The summed E-state index contributed by atoms with van der Waals surface area (Å²) >= 11 is 0. The zero-order chi connectivity index (χ0) is 23.5. The maximum absolute atomic E-state index is 13.6. The van der Waals surface area contributed by atoms with Crippen LogP contribution >= 0.6 is 0 Å². The third kappa shape index (κ3) is 5.32. The van der Waals surface area contributed by atoms with E-state index in [1.165, 1.54) is 12.1 Å². The average Bonchev–Trinajstić information content (AvgIpc) is 3.11. The summed E-state index contributed by atoms with van der Waals surface area (Å²) in [7, 11) is 0. The van der Waals surface area contributed by atoms with E-state index < -0.39 is 30.2 Å². The molecule has 33 heavy (non-hydrogen) atoms. The number of ether oxygens (including phenoxy) is 1. The molecular formula is C25H21F5N2O. The predicted octanol–water partition coefficient (Wildman–Crippen LogP) is 6.78.